The average molecular weight is 515 g/mol. The summed E-state index contributed by atoms with van der Waals surface area (Å²) in [6.07, 6.45) is 3.91. The Morgan fingerprint density at radius 3 is 2.64 bits per heavy atom. The molecule has 0 saturated carbocycles. The number of methoxy groups -OCH3 is 1. The lowest BCUT2D eigenvalue weighted by Gasteiger charge is -2.20. The van der Waals surface area contributed by atoms with E-state index in [2.05, 4.69) is 10.6 Å². The van der Waals surface area contributed by atoms with Gasteiger partial charge in [0.2, 0.25) is 0 Å². The van der Waals surface area contributed by atoms with Crippen LogP contribution in [-0.4, -0.2) is 31.7 Å². The number of carbonyl (C=O) groups excluding carboxylic acids is 3. The number of urea groups is 1. The number of nitrogens with one attached hydrogen (secondary N) is 2. The molecule has 9 heteroatoms. The van der Waals surface area contributed by atoms with Crippen LogP contribution < -0.4 is 15.4 Å². The summed E-state index contributed by atoms with van der Waals surface area (Å²) in [4.78, 5) is 37.5. The molecule has 1 aliphatic rings. The molecule has 3 rings (SSSR count). The number of rotatable bonds is 10. The van der Waals surface area contributed by atoms with E-state index in [1.807, 2.05) is 26.8 Å². The van der Waals surface area contributed by atoms with E-state index in [9.17, 15) is 14.4 Å². The summed E-state index contributed by atoms with van der Waals surface area (Å²) < 4.78 is 16.1. The van der Waals surface area contributed by atoms with Gasteiger partial charge in [-0.25, -0.2) is 9.59 Å². The highest BCUT2D eigenvalue weighted by Gasteiger charge is 2.32. The lowest BCUT2D eigenvalue weighted by atomic mass is 9.93. The van der Waals surface area contributed by atoms with E-state index < -0.39 is 12.0 Å². The van der Waals surface area contributed by atoms with Crippen LogP contribution in [0.25, 0.3) is 0 Å². The van der Waals surface area contributed by atoms with E-state index >= 15 is 0 Å². The van der Waals surface area contributed by atoms with Crippen LogP contribution in [0.2, 0.25) is 5.02 Å². The highest BCUT2D eigenvalue weighted by Crippen LogP contribution is 2.41. The molecule has 2 aromatic carbocycles. The number of amides is 2. The van der Waals surface area contributed by atoms with Gasteiger partial charge >= 0.3 is 18.0 Å². The molecule has 0 bridgehead atoms. The van der Waals surface area contributed by atoms with Crippen LogP contribution in [0.5, 0.6) is 5.75 Å². The van der Waals surface area contributed by atoms with Crippen LogP contribution in [-0.2, 0) is 27.3 Å². The van der Waals surface area contributed by atoms with Crippen molar-refractivity contribution < 1.29 is 28.6 Å². The third-order valence-electron chi connectivity index (χ3n) is 5.88. The Morgan fingerprint density at radius 1 is 1.19 bits per heavy atom. The molecule has 0 atom stereocenters. The zero-order valence-corrected chi connectivity index (χ0v) is 21.7. The molecule has 0 aliphatic carbocycles. The second kappa shape index (κ2) is 12.4. The molecule has 1 aliphatic heterocycles. The Balaban J connectivity index is 1.91. The maximum atomic E-state index is 12.9. The molecule has 2 aromatic rings. The van der Waals surface area contributed by atoms with Gasteiger partial charge in [-0.1, -0.05) is 42.3 Å². The molecule has 0 aromatic heterocycles. The first kappa shape index (κ1) is 27.1. The van der Waals surface area contributed by atoms with Crippen molar-refractivity contribution in [2.24, 2.45) is 0 Å². The highest BCUT2D eigenvalue weighted by molar-refractivity contribution is 6.33. The van der Waals surface area contributed by atoms with Crippen molar-refractivity contribution in [1.29, 1.82) is 0 Å². The molecule has 1 heterocycles. The van der Waals surface area contributed by atoms with Crippen molar-refractivity contribution in [2.45, 2.75) is 53.1 Å². The number of benzene rings is 2. The first-order chi connectivity index (χ1) is 17.3. The minimum Gasteiger partial charge on any atom is -0.496 e. The Bertz CT molecular complexity index is 1190. The first-order valence-corrected chi connectivity index (χ1v) is 12.2. The number of allylic oxidation sites excluding steroid dienone is 2. The Labute approximate surface area is 215 Å². The summed E-state index contributed by atoms with van der Waals surface area (Å²) in [5, 5.41) is 5.92. The molecule has 0 spiro atoms. The minimum atomic E-state index is -0.559. The molecule has 8 nitrogen and oxygen atoms in total. The van der Waals surface area contributed by atoms with E-state index in [0.29, 0.717) is 58.3 Å². The molecule has 2 amide bonds. The number of ether oxygens (including phenoxy) is 3. The third-order valence-corrected chi connectivity index (χ3v) is 6.21. The van der Waals surface area contributed by atoms with Crippen LogP contribution in [0.15, 0.2) is 35.9 Å². The summed E-state index contributed by atoms with van der Waals surface area (Å²) in [7, 11) is 1.55. The van der Waals surface area contributed by atoms with Gasteiger partial charge in [0.1, 0.15) is 12.4 Å². The fraction of sp³-hybridized carbons (Fsp3) is 0.370. The molecule has 2 N–H and O–H groups in total. The van der Waals surface area contributed by atoms with Crippen molar-refractivity contribution in [2.75, 3.05) is 24.4 Å². The highest BCUT2D eigenvalue weighted by atomic mass is 35.5. The molecular weight excluding hydrogens is 484 g/mol. The lowest BCUT2D eigenvalue weighted by Crippen LogP contribution is -2.22. The SMILES string of the molecule is CCCOC(=O)CC/C(C)=C/Cc1c(NC(=O)Nc2ccccc2Cl)c2c(c(C)c1OC)COC2=O. The second-order valence-electron chi connectivity index (χ2n) is 8.48. The second-order valence-corrected chi connectivity index (χ2v) is 8.88. The largest absolute Gasteiger partial charge is 0.496 e. The van der Waals surface area contributed by atoms with E-state index in [4.69, 9.17) is 25.8 Å². The average Bonchev–Trinajstić information content (AvgIpc) is 3.25. The van der Waals surface area contributed by atoms with Crippen molar-refractivity contribution in [1.82, 2.24) is 0 Å². The van der Waals surface area contributed by atoms with Crippen LogP contribution in [0.4, 0.5) is 16.2 Å². The fourth-order valence-electron chi connectivity index (χ4n) is 3.99. The predicted molar refractivity (Wildman–Crippen MR) is 139 cm³/mol. The van der Waals surface area contributed by atoms with Gasteiger partial charge in [0.15, 0.2) is 0 Å². The minimum absolute atomic E-state index is 0.103. The van der Waals surface area contributed by atoms with Crippen molar-refractivity contribution in [3.8, 4) is 5.75 Å². The number of hydrogen-bond donors (Lipinski definition) is 2. The summed E-state index contributed by atoms with van der Waals surface area (Å²) in [5.41, 5.74) is 4.13. The number of para-hydroxylation sites is 1. The molecular formula is C27H31ClN2O6. The summed E-state index contributed by atoms with van der Waals surface area (Å²) >= 11 is 6.18. The van der Waals surface area contributed by atoms with Gasteiger partial charge < -0.3 is 24.8 Å². The van der Waals surface area contributed by atoms with Gasteiger partial charge in [0.05, 0.1) is 35.7 Å². The molecule has 0 unspecified atom stereocenters. The van der Waals surface area contributed by atoms with Crippen molar-refractivity contribution in [3.05, 3.63) is 63.2 Å². The first-order valence-electron chi connectivity index (χ1n) is 11.8. The van der Waals surface area contributed by atoms with Gasteiger partial charge in [-0.3, -0.25) is 4.79 Å². The van der Waals surface area contributed by atoms with Crippen LogP contribution in [0.1, 0.15) is 60.2 Å². The monoisotopic (exact) mass is 514 g/mol. The smallest absolute Gasteiger partial charge is 0.341 e. The molecule has 0 saturated heterocycles. The zero-order chi connectivity index (χ0) is 26.2. The molecule has 0 radical (unpaired) electrons. The predicted octanol–water partition coefficient (Wildman–Crippen LogP) is 6.19. The van der Waals surface area contributed by atoms with Gasteiger partial charge in [-0.15, -0.1) is 0 Å². The van der Waals surface area contributed by atoms with Crippen LogP contribution >= 0.6 is 11.6 Å². The van der Waals surface area contributed by atoms with Gasteiger partial charge in [0, 0.05) is 17.5 Å². The Kier molecular flexibility index (Phi) is 9.36. The maximum absolute atomic E-state index is 12.9. The third kappa shape index (κ3) is 6.37. The van der Waals surface area contributed by atoms with E-state index in [-0.39, 0.29) is 19.0 Å². The molecule has 36 heavy (non-hydrogen) atoms. The number of halogens is 1. The number of hydrogen-bond acceptors (Lipinski definition) is 6. The normalized spacial score (nSPS) is 12.6. The summed E-state index contributed by atoms with van der Waals surface area (Å²) in [6, 6.07) is 6.29. The Hall–Kier alpha value is -3.52. The number of cyclic esters (lactones) is 1. The Morgan fingerprint density at radius 2 is 1.94 bits per heavy atom. The molecule has 192 valence electrons. The summed E-state index contributed by atoms with van der Waals surface area (Å²) in [6.45, 7) is 6.24. The quantitative estimate of drug-likeness (QED) is 0.289. The van der Waals surface area contributed by atoms with E-state index in [0.717, 1.165) is 17.6 Å². The standard InChI is InChI=1S/C27H31ClN2O6/c1-5-14-35-22(31)13-11-16(2)10-12-18-24(30-27(33)29-21-9-7-6-8-20(21)28)23-19(15-36-26(23)32)17(3)25(18)34-4/h6-10H,5,11-15H2,1-4H3,(H2,29,30,33)/b16-10+. The maximum Gasteiger partial charge on any atom is 0.341 e. The van der Waals surface area contributed by atoms with Crippen molar-refractivity contribution >= 4 is 40.9 Å². The molecule has 0 fully saturated rings. The van der Waals surface area contributed by atoms with Gasteiger partial charge in [0.25, 0.3) is 0 Å². The number of esters is 2. The van der Waals surface area contributed by atoms with Crippen molar-refractivity contribution in [3.63, 3.8) is 0 Å². The van der Waals surface area contributed by atoms with Crippen LogP contribution in [0.3, 0.4) is 0 Å². The number of anilines is 2. The zero-order valence-electron chi connectivity index (χ0n) is 21.0. The van der Waals surface area contributed by atoms with Gasteiger partial charge in [-0.2, -0.15) is 0 Å². The number of fused-ring (bicyclic) bond motifs is 1. The lowest BCUT2D eigenvalue weighted by molar-refractivity contribution is -0.143. The summed E-state index contributed by atoms with van der Waals surface area (Å²) in [5.74, 6) is -0.187. The van der Waals surface area contributed by atoms with E-state index in [1.54, 1.807) is 31.4 Å². The van der Waals surface area contributed by atoms with E-state index in [1.165, 1.54) is 0 Å². The fourth-order valence-corrected chi connectivity index (χ4v) is 4.17. The van der Waals surface area contributed by atoms with Crippen LogP contribution in [0, 0.1) is 6.92 Å². The number of carbonyl (C=O) groups is 3. The topological polar surface area (TPSA) is 103 Å². The van der Waals surface area contributed by atoms with Gasteiger partial charge in [-0.05, 0) is 50.8 Å².